The van der Waals surface area contributed by atoms with Gasteiger partial charge in [0.1, 0.15) is 11.4 Å². The summed E-state index contributed by atoms with van der Waals surface area (Å²) in [5, 5.41) is 12.3. The summed E-state index contributed by atoms with van der Waals surface area (Å²) in [4.78, 5) is 25.4. The number of nitrogens with two attached hydrogens (primary N) is 1. The van der Waals surface area contributed by atoms with Crippen LogP contribution >= 0.6 is 0 Å². The number of carbonyl (C=O) groups is 2. The molecule has 0 saturated carbocycles. The van der Waals surface area contributed by atoms with Gasteiger partial charge in [0.15, 0.2) is 6.61 Å². The molecule has 0 radical (unpaired) electrons. The van der Waals surface area contributed by atoms with Crippen molar-refractivity contribution < 1.29 is 19.4 Å². The van der Waals surface area contributed by atoms with Gasteiger partial charge in [0.25, 0.3) is 5.91 Å². The number of nitrogens with one attached hydrogen (secondary N) is 1. The van der Waals surface area contributed by atoms with Crippen molar-refractivity contribution in [3.8, 4) is 5.75 Å². The second-order valence-electron chi connectivity index (χ2n) is 5.29. The molecule has 0 spiro atoms. The van der Waals surface area contributed by atoms with E-state index in [0.29, 0.717) is 22.6 Å². The van der Waals surface area contributed by atoms with E-state index >= 15 is 0 Å². The SMILES string of the molecule is Nc1ccc2c(c1)OCC(=O)N2.O=C(O)c1ccc2ccccc2n1. The highest BCUT2D eigenvalue weighted by atomic mass is 16.5. The predicted octanol–water partition coefficient (Wildman–Crippen LogP) is 2.53. The van der Waals surface area contributed by atoms with E-state index in [2.05, 4.69) is 10.3 Å². The van der Waals surface area contributed by atoms with Crippen LogP contribution in [0.2, 0.25) is 0 Å². The van der Waals surface area contributed by atoms with Crippen molar-refractivity contribution in [2.45, 2.75) is 0 Å². The Morgan fingerprint density at radius 2 is 1.96 bits per heavy atom. The van der Waals surface area contributed by atoms with Gasteiger partial charge >= 0.3 is 5.97 Å². The van der Waals surface area contributed by atoms with Gasteiger partial charge in [0.2, 0.25) is 0 Å². The Morgan fingerprint density at radius 1 is 1.16 bits per heavy atom. The first-order chi connectivity index (χ1) is 12.0. The third-order valence-electron chi connectivity index (χ3n) is 3.46. The molecule has 4 N–H and O–H groups in total. The zero-order valence-corrected chi connectivity index (χ0v) is 13.1. The first kappa shape index (κ1) is 16.3. The van der Waals surface area contributed by atoms with Gasteiger partial charge < -0.3 is 20.9 Å². The van der Waals surface area contributed by atoms with Crippen molar-refractivity contribution in [3.05, 3.63) is 60.3 Å². The maximum atomic E-state index is 10.8. The van der Waals surface area contributed by atoms with Gasteiger partial charge in [-0.2, -0.15) is 0 Å². The number of nitrogens with zero attached hydrogens (tertiary/aromatic N) is 1. The molecule has 126 valence electrons. The fraction of sp³-hybridized carbons (Fsp3) is 0.0556. The van der Waals surface area contributed by atoms with E-state index in [9.17, 15) is 9.59 Å². The Balaban J connectivity index is 0.000000146. The molecule has 0 saturated heterocycles. The third-order valence-corrected chi connectivity index (χ3v) is 3.46. The number of nitrogen functional groups attached to an aromatic ring is 1. The van der Waals surface area contributed by atoms with Crippen molar-refractivity contribution in [1.82, 2.24) is 4.98 Å². The average Bonchev–Trinajstić information content (AvgIpc) is 2.62. The lowest BCUT2D eigenvalue weighted by atomic mass is 10.2. The highest BCUT2D eigenvalue weighted by Crippen LogP contribution is 2.29. The zero-order valence-electron chi connectivity index (χ0n) is 13.1. The number of carboxylic acids is 1. The van der Waals surface area contributed by atoms with Crippen LogP contribution in [0.4, 0.5) is 11.4 Å². The van der Waals surface area contributed by atoms with E-state index in [1.807, 2.05) is 18.2 Å². The number of pyridine rings is 1. The summed E-state index contributed by atoms with van der Waals surface area (Å²) in [5.74, 6) is -0.493. The standard InChI is InChI=1S/C10H7NO2.C8H8N2O2/c12-10(13)9-6-5-7-3-1-2-4-8(7)11-9;9-5-1-2-6-7(3-5)12-4-8(11)10-6/h1-6H,(H,12,13);1-3H,4,9H2,(H,10,11). The van der Waals surface area contributed by atoms with Gasteiger partial charge in [-0.3, -0.25) is 4.79 Å². The lowest BCUT2D eigenvalue weighted by Gasteiger charge is -2.17. The molecule has 3 aromatic rings. The summed E-state index contributed by atoms with van der Waals surface area (Å²) in [7, 11) is 0. The highest BCUT2D eigenvalue weighted by molar-refractivity contribution is 5.95. The van der Waals surface area contributed by atoms with Gasteiger partial charge in [0.05, 0.1) is 11.2 Å². The minimum atomic E-state index is -0.995. The van der Waals surface area contributed by atoms with Crippen LogP contribution in [0, 0.1) is 0 Å². The second-order valence-corrected chi connectivity index (χ2v) is 5.29. The van der Waals surface area contributed by atoms with Crippen molar-refractivity contribution in [2.75, 3.05) is 17.7 Å². The lowest BCUT2D eigenvalue weighted by molar-refractivity contribution is -0.118. The smallest absolute Gasteiger partial charge is 0.354 e. The fourth-order valence-electron chi connectivity index (χ4n) is 2.28. The summed E-state index contributed by atoms with van der Waals surface area (Å²) >= 11 is 0. The molecule has 2 heterocycles. The van der Waals surface area contributed by atoms with Crippen molar-refractivity contribution in [2.24, 2.45) is 0 Å². The number of aromatic nitrogens is 1. The van der Waals surface area contributed by atoms with Gasteiger partial charge in [-0.05, 0) is 24.3 Å². The van der Waals surface area contributed by atoms with Crippen LogP contribution in [0.5, 0.6) is 5.75 Å². The van der Waals surface area contributed by atoms with Crippen molar-refractivity contribution >= 4 is 34.2 Å². The topological polar surface area (TPSA) is 115 Å². The van der Waals surface area contributed by atoms with Gasteiger partial charge in [-0.1, -0.05) is 24.3 Å². The van der Waals surface area contributed by atoms with E-state index < -0.39 is 5.97 Å². The minimum Gasteiger partial charge on any atom is -0.482 e. The number of aromatic carboxylic acids is 1. The summed E-state index contributed by atoms with van der Waals surface area (Å²) < 4.78 is 5.12. The maximum Gasteiger partial charge on any atom is 0.354 e. The van der Waals surface area contributed by atoms with Crippen LogP contribution in [0.1, 0.15) is 10.5 Å². The van der Waals surface area contributed by atoms with E-state index in [1.165, 1.54) is 6.07 Å². The van der Waals surface area contributed by atoms with Crippen LogP contribution in [-0.4, -0.2) is 28.6 Å². The third kappa shape index (κ3) is 3.84. The number of carboxylic acid groups (broad SMARTS) is 1. The molecular formula is C18H15N3O4. The Kier molecular flexibility index (Phi) is 4.47. The molecule has 1 aliphatic rings. The van der Waals surface area contributed by atoms with Crippen LogP contribution in [0.3, 0.4) is 0 Å². The van der Waals surface area contributed by atoms with Crippen molar-refractivity contribution in [3.63, 3.8) is 0 Å². The molecule has 0 atom stereocenters. The number of rotatable bonds is 1. The van der Waals surface area contributed by atoms with Gasteiger partial charge in [-0.15, -0.1) is 0 Å². The molecular weight excluding hydrogens is 322 g/mol. The predicted molar refractivity (Wildman–Crippen MR) is 93.7 cm³/mol. The molecule has 0 aliphatic carbocycles. The van der Waals surface area contributed by atoms with E-state index in [4.69, 9.17) is 15.6 Å². The largest absolute Gasteiger partial charge is 0.482 e. The summed E-state index contributed by atoms with van der Waals surface area (Å²) in [5.41, 5.74) is 7.63. The Hall–Kier alpha value is -3.61. The van der Waals surface area contributed by atoms with Crippen molar-refractivity contribution in [1.29, 1.82) is 0 Å². The molecule has 2 aromatic carbocycles. The fourth-order valence-corrected chi connectivity index (χ4v) is 2.28. The number of fused-ring (bicyclic) bond motifs is 2. The summed E-state index contributed by atoms with van der Waals surface area (Å²) in [6, 6.07) is 15.8. The number of benzene rings is 2. The molecule has 4 rings (SSSR count). The molecule has 25 heavy (non-hydrogen) atoms. The maximum absolute atomic E-state index is 10.8. The van der Waals surface area contributed by atoms with Crippen LogP contribution < -0.4 is 15.8 Å². The van der Waals surface area contributed by atoms with Gasteiger partial charge in [0, 0.05) is 17.1 Å². The quantitative estimate of drug-likeness (QED) is 0.588. The number of carbonyl (C=O) groups excluding carboxylic acids is 1. The van der Waals surface area contributed by atoms with Crippen LogP contribution in [0.15, 0.2) is 54.6 Å². The first-order valence-corrected chi connectivity index (χ1v) is 7.44. The molecule has 1 amide bonds. The van der Waals surface area contributed by atoms with Crippen LogP contribution in [-0.2, 0) is 4.79 Å². The molecule has 0 fully saturated rings. The van der Waals surface area contributed by atoms with E-state index in [-0.39, 0.29) is 18.2 Å². The molecule has 1 aromatic heterocycles. The van der Waals surface area contributed by atoms with E-state index in [1.54, 1.807) is 30.3 Å². The Bertz CT molecular complexity index is 956. The van der Waals surface area contributed by atoms with E-state index in [0.717, 1.165) is 5.39 Å². The summed E-state index contributed by atoms with van der Waals surface area (Å²) in [6.45, 7) is 0.0659. The van der Waals surface area contributed by atoms with Crippen LogP contribution in [0.25, 0.3) is 10.9 Å². The number of amides is 1. The molecule has 0 bridgehead atoms. The summed E-state index contributed by atoms with van der Waals surface area (Å²) in [6.07, 6.45) is 0. The second kappa shape index (κ2) is 6.88. The van der Waals surface area contributed by atoms with Gasteiger partial charge in [-0.25, -0.2) is 9.78 Å². The molecule has 7 heteroatoms. The number of hydrogen-bond donors (Lipinski definition) is 3. The lowest BCUT2D eigenvalue weighted by Crippen LogP contribution is -2.25. The number of para-hydroxylation sites is 1. The highest BCUT2D eigenvalue weighted by Gasteiger charge is 2.14. The number of hydrogen-bond acceptors (Lipinski definition) is 5. The normalized spacial score (nSPS) is 12.2. The number of ether oxygens (including phenoxy) is 1. The molecule has 7 nitrogen and oxygen atoms in total. The number of anilines is 2. The molecule has 1 aliphatic heterocycles. The Morgan fingerprint density at radius 3 is 2.76 bits per heavy atom. The first-order valence-electron chi connectivity index (χ1n) is 7.44. The Labute approximate surface area is 143 Å². The zero-order chi connectivity index (χ0) is 17.8. The molecule has 0 unspecified atom stereocenters. The average molecular weight is 337 g/mol. The monoisotopic (exact) mass is 337 g/mol. The minimum absolute atomic E-state index is 0.0659.